The summed E-state index contributed by atoms with van der Waals surface area (Å²) in [5.74, 6) is -0.426. The molecule has 4 rings (SSSR count). The van der Waals surface area contributed by atoms with Crippen LogP contribution in [0.2, 0.25) is 5.02 Å². The summed E-state index contributed by atoms with van der Waals surface area (Å²) in [5.41, 5.74) is 0.854. The highest BCUT2D eigenvalue weighted by molar-refractivity contribution is 6.31. The monoisotopic (exact) mass is 374 g/mol. The maximum absolute atomic E-state index is 13.4. The molecule has 134 valence electrons. The molecule has 26 heavy (non-hydrogen) atoms. The molecule has 7 heteroatoms. The fraction of sp³-hybridized carbons (Fsp3) is 0.263. The number of halogens is 2. The van der Waals surface area contributed by atoms with E-state index in [0.717, 1.165) is 0 Å². The van der Waals surface area contributed by atoms with Gasteiger partial charge < -0.3 is 14.5 Å². The highest BCUT2D eigenvalue weighted by Gasteiger charge is 2.52. The van der Waals surface area contributed by atoms with Crippen molar-refractivity contribution in [2.45, 2.75) is 18.5 Å². The van der Waals surface area contributed by atoms with E-state index in [2.05, 4.69) is 0 Å². The van der Waals surface area contributed by atoms with Crippen LogP contribution in [0.5, 0.6) is 5.75 Å². The van der Waals surface area contributed by atoms with Crippen LogP contribution in [0.1, 0.15) is 16.8 Å². The lowest BCUT2D eigenvalue weighted by molar-refractivity contribution is -0.121. The van der Waals surface area contributed by atoms with Crippen molar-refractivity contribution >= 4 is 29.1 Å². The van der Waals surface area contributed by atoms with Gasteiger partial charge in [-0.15, -0.1) is 0 Å². The molecule has 5 nitrogen and oxygen atoms in total. The minimum absolute atomic E-state index is 0.155. The molecule has 0 unspecified atom stereocenters. The van der Waals surface area contributed by atoms with E-state index in [4.69, 9.17) is 16.3 Å². The zero-order valence-electron chi connectivity index (χ0n) is 14.0. The molecule has 2 atom stereocenters. The van der Waals surface area contributed by atoms with Crippen LogP contribution in [0, 0.1) is 5.82 Å². The molecule has 0 spiro atoms. The third-order valence-corrected chi connectivity index (χ3v) is 5.13. The summed E-state index contributed by atoms with van der Waals surface area (Å²) in [5, 5.41) is 0.504. The van der Waals surface area contributed by atoms with Gasteiger partial charge in [-0.05, 0) is 42.8 Å². The van der Waals surface area contributed by atoms with Gasteiger partial charge in [-0.3, -0.25) is 9.59 Å². The topological polar surface area (TPSA) is 49.9 Å². The van der Waals surface area contributed by atoms with E-state index < -0.39 is 11.9 Å². The lowest BCUT2D eigenvalue weighted by atomic mass is 10.1. The summed E-state index contributed by atoms with van der Waals surface area (Å²) in [6, 6.07) is 9.91. The first-order chi connectivity index (χ1) is 12.5. The van der Waals surface area contributed by atoms with Crippen LogP contribution in [-0.2, 0) is 4.79 Å². The van der Waals surface area contributed by atoms with Crippen molar-refractivity contribution < 1.29 is 18.7 Å². The van der Waals surface area contributed by atoms with Gasteiger partial charge >= 0.3 is 0 Å². The highest BCUT2D eigenvalue weighted by Crippen LogP contribution is 2.41. The summed E-state index contributed by atoms with van der Waals surface area (Å²) in [7, 11) is 1.53. The predicted molar refractivity (Wildman–Crippen MR) is 95.1 cm³/mol. The van der Waals surface area contributed by atoms with Gasteiger partial charge in [-0.25, -0.2) is 4.39 Å². The fourth-order valence-electron chi connectivity index (χ4n) is 3.75. The van der Waals surface area contributed by atoms with Gasteiger partial charge in [-0.2, -0.15) is 0 Å². The lowest BCUT2D eigenvalue weighted by Crippen LogP contribution is -2.52. The number of likely N-dealkylation sites (tertiary alicyclic amines) is 1. The van der Waals surface area contributed by atoms with Crippen LogP contribution < -0.4 is 9.64 Å². The maximum atomic E-state index is 13.4. The van der Waals surface area contributed by atoms with Crippen molar-refractivity contribution in [2.75, 3.05) is 18.6 Å². The molecular formula is C19H16ClFN2O3. The Labute approximate surface area is 154 Å². The Morgan fingerprint density at radius 2 is 2.08 bits per heavy atom. The smallest absolute Gasteiger partial charge is 0.254 e. The number of ether oxygens (including phenoxy) is 1. The van der Waals surface area contributed by atoms with Crippen LogP contribution in [0.25, 0.3) is 0 Å². The van der Waals surface area contributed by atoms with Crippen molar-refractivity contribution in [1.29, 1.82) is 0 Å². The lowest BCUT2D eigenvalue weighted by Gasteiger charge is -2.34. The Bertz CT molecular complexity index is 904. The first-order valence-electron chi connectivity index (χ1n) is 8.22. The Kier molecular flexibility index (Phi) is 4.07. The molecular weight excluding hydrogens is 359 g/mol. The van der Waals surface area contributed by atoms with Gasteiger partial charge in [0, 0.05) is 17.1 Å². The number of amides is 2. The van der Waals surface area contributed by atoms with Gasteiger partial charge in [0.2, 0.25) is 5.91 Å². The largest absolute Gasteiger partial charge is 0.495 e. The minimum atomic E-state index is -0.556. The van der Waals surface area contributed by atoms with Crippen molar-refractivity contribution in [3.05, 3.63) is 58.9 Å². The molecule has 2 aromatic rings. The molecule has 2 saturated heterocycles. The summed E-state index contributed by atoms with van der Waals surface area (Å²) in [6.07, 6.45) is 0.537. The second-order valence-electron chi connectivity index (χ2n) is 6.40. The third kappa shape index (κ3) is 2.61. The van der Waals surface area contributed by atoms with E-state index in [9.17, 15) is 14.0 Å². The number of methoxy groups -OCH3 is 1. The number of carbonyl (C=O) groups is 2. The minimum Gasteiger partial charge on any atom is -0.495 e. The molecule has 0 aliphatic carbocycles. The van der Waals surface area contributed by atoms with Crippen LogP contribution in [0.4, 0.5) is 10.1 Å². The summed E-state index contributed by atoms with van der Waals surface area (Å²) in [4.78, 5) is 28.8. The van der Waals surface area contributed by atoms with Crippen molar-refractivity contribution in [3.8, 4) is 5.75 Å². The molecule has 2 heterocycles. The second kappa shape index (κ2) is 6.29. The Morgan fingerprint density at radius 1 is 1.27 bits per heavy atom. The van der Waals surface area contributed by atoms with E-state index in [0.29, 0.717) is 29.4 Å². The van der Waals surface area contributed by atoms with Gasteiger partial charge in [0.1, 0.15) is 17.6 Å². The van der Waals surface area contributed by atoms with Crippen LogP contribution in [0.15, 0.2) is 42.5 Å². The average molecular weight is 375 g/mol. The van der Waals surface area contributed by atoms with Gasteiger partial charge in [0.05, 0.1) is 18.8 Å². The number of piperazine rings is 1. The number of anilines is 1. The van der Waals surface area contributed by atoms with E-state index in [1.54, 1.807) is 29.2 Å². The van der Waals surface area contributed by atoms with Gasteiger partial charge in [0.15, 0.2) is 0 Å². The predicted octanol–water partition coefficient (Wildman–Crippen LogP) is 3.12. The van der Waals surface area contributed by atoms with Crippen LogP contribution in [0.3, 0.4) is 0 Å². The molecule has 2 aliphatic heterocycles. The number of rotatable bonds is 3. The summed E-state index contributed by atoms with van der Waals surface area (Å²) >= 11 is 6.08. The first kappa shape index (κ1) is 16.8. The molecule has 2 amide bonds. The molecule has 2 fully saturated rings. The van der Waals surface area contributed by atoms with Crippen molar-refractivity contribution in [1.82, 2.24) is 4.90 Å². The zero-order valence-corrected chi connectivity index (χ0v) is 14.7. The summed E-state index contributed by atoms with van der Waals surface area (Å²) in [6.45, 7) is 0.390. The SMILES string of the molecule is COc1ccc(Cl)cc1N1C(=O)[C@@H]2C[C@H]1CN2C(=O)c1cccc(F)c1. The Balaban J connectivity index is 1.61. The molecule has 0 radical (unpaired) electrons. The van der Waals surface area contributed by atoms with Gasteiger partial charge in [-0.1, -0.05) is 17.7 Å². The molecule has 0 saturated carbocycles. The molecule has 0 aromatic heterocycles. The number of fused-ring (bicyclic) bond motifs is 2. The average Bonchev–Trinajstić information content (AvgIpc) is 3.19. The number of nitrogens with zero attached hydrogens (tertiary/aromatic N) is 2. The van der Waals surface area contributed by atoms with Crippen LogP contribution in [-0.4, -0.2) is 42.5 Å². The standard InChI is InChI=1S/C19H16ClFN2O3/c1-26-17-6-5-12(20)8-15(17)23-14-9-16(19(23)25)22(10-14)18(24)11-3-2-4-13(21)7-11/h2-8,14,16H,9-10H2,1H3/t14-,16-/m0/s1. The number of carbonyl (C=O) groups excluding carboxylic acids is 2. The molecule has 2 aliphatic rings. The van der Waals surface area contributed by atoms with Crippen LogP contribution >= 0.6 is 11.6 Å². The third-order valence-electron chi connectivity index (χ3n) is 4.90. The van der Waals surface area contributed by atoms with E-state index in [-0.39, 0.29) is 23.4 Å². The normalized spacial score (nSPS) is 21.4. The first-order valence-corrected chi connectivity index (χ1v) is 8.60. The van der Waals surface area contributed by atoms with E-state index in [1.807, 2.05) is 0 Å². The summed E-state index contributed by atoms with van der Waals surface area (Å²) < 4.78 is 18.8. The van der Waals surface area contributed by atoms with Gasteiger partial charge in [0.25, 0.3) is 5.91 Å². The van der Waals surface area contributed by atoms with E-state index >= 15 is 0 Å². The number of hydrogen-bond donors (Lipinski definition) is 0. The molecule has 2 bridgehead atoms. The van der Waals surface area contributed by atoms with E-state index in [1.165, 1.54) is 30.2 Å². The fourth-order valence-corrected chi connectivity index (χ4v) is 3.92. The van der Waals surface area contributed by atoms with Crippen molar-refractivity contribution in [3.63, 3.8) is 0 Å². The molecule has 0 N–H and O–H groups in total. The number of benzene rings is 2. The molecule has 2 aromatic carbocycles. The zero-order chi connectivity index (χ0) is 18.4. The van der Waals surface area contributed by atoms with Crippen molar-refractivity contribution in [2.24, 2.45) is 0 Å². The highest BCUT2D eigenvalue weighted by atomic mass is 35.5. The maximum Gasteiger partial charge on any atom is 0.254 e. The Morgan fingerprint density at radius 3 is 2.77 bits per heavy atom. The Hall–Kier alpha value is -2.60. The quantitative estimate of drug-likeness (QED) is 0.829. The number of hydrogen-bond acceptors (Lipinski definition) is 3. The second-order valence-corrected chi connectivity index (χ2v) is 6.83.